The molecule has 0 spiro atoms. The van der Waals surface area contributed by atoms with Gasteiger partial charge in [0.2, 0.25) is 5.95 Å². The molecular weight excluding hydrogens is 366 g/mol. The number of carbonyl (C=O) groups excluding carboxylic acids is 1. The first-order valence-electron chi connectivity index (χ1n) is 9.59. The summed E-state index contributed by atoms with van der Waals surface area (Å²) < 4.78 is 5.40. The molecule has 1 amide bonds. The Morgan fingerprint density at radius 2 is 1.66 bits per heavy atom. The van der Waals surface area contributed by atoms with Crippen LogP contribution in [0.1, 0.15) is 16.1 Å². The van der Waals surface area contributed by atoms with E-state index in [1.54, 1.807) is 12.1 Å². The topological polar surface area (TPSA) is 79.4 Å². The lowest BCUT2D eigenvalue weighted by molar-refractivity contribution is 0.102. The van der Waals surface area contributed by atoms with Crippen molar-refractivity contribution in [3.8, 4) is 0 Å². The number of aryl methyl sites for hydroxylation is 1. The van der Waals surface area contributed by atoms with Crippen LogP contribution in [0.25, 0.3) is 0 Å². The number of aromatic nitrogens is 2. The summed E-state index contributed by atoms with van der Waals surface area (Å²) >= 11 is 0. The zero-order valence-electron chi connectivity index (χ0n) is 16.3. The van der Waals surface area contributed by atoms with Crippen molar-refractivity contribution >= 4 is 29.0 Å². The minimum atomic E-state index is -0.132. The predicted molar refractivity (Wildman–Crippen MR) is 114 cm³/mol. The van der Waals surface area contributed by atoms with Crippen LogP contribution in [0.5, 0.6) is 0 Å². The molecule has 0 saturated carbocycles. The van der Waals surface area contributed by atoms with Crippen LogP contribution in [-0.2, 0) is 4.74 Å². The molecule has 2 aromatic carbocycles. The molecule has 0 atom stereocenters. The molecule has 7 heteroatoms. The van der Waals surface area contributed by atoms with Gasteiger partial charge in [-0.2, -0.15) is 4.98 Å². The Labute approximate surface area is 169 Å². The molecule has 1 fully saturated rings. The molecule has 1 aliphatic rings. The van der Waals surface area contributed by atoms with Gasteiger partial charge in [0.05, 0.1) is 13.2 Å². The van der Waals surface area contributed by atoms with Crippen molar-refractivity contribution < 1.29 is 9.53 Å². The van der Waals surface area contributed by atoms with E-state index in [1.807, 2.05) is 55.5 Å². The van der Waals surface area contributed by atoms with Gasteiger partial charge in [0, 0.05) is 41.8 Å². The number of anilines is 4. The molecule has 0 radical (unpaired) electrons. The second-order valence-corrected chi connectivity index (χ2v) is 6.82. The summed E-state index contributed by atoms with van der Waals surface area (Å²) in [5.74, 6) is 1.32. The lowest BCUT2D eigenvalue weighted by Crippen LogP contribution is -2.37. The number of amides is 1. The maximum absolute atomic E-state index is 12.3. The van der Waals surface area contributed by atoms with E-state index in [4.69, 9.17) is 4.74 Å². The van der Waals surface area contributed by atoms with Crippen LogP contribution in [0.4, 0.5) is 23.1 Å². The van der Waals surface area contributed by atoms with Gasteiger partial charge in [0.25, 0.3) is 5.91 Å². The van der Waals surface area contributed by atoms with Crippen LogP contribution in [-0.4, -0.2) is 42.2 Å². The molecule has 0 unspecified atom stereocenters. The fourth-order valence-corrected chi connectivity index (χ4v) is 3.10. The van der Waals surface area contributed by atoms with Gasteiger partial charge in [0.15, 0.2) is 0 Å². The number of hydrogen-bond acceptors (Lipinski definition) is 6. The van der Waals surface area contributed by atoms with Gasteiger partial charge in [-0.15, -0.1) is 0 Å². The highest BCUT2D eigenvalue weighted by molar-refractivity contribution is 6.04. The molecule has 1 aliphatic heterocycles. The molecule has 1 aromatic heterocycles. The van der Waals surface area contributed by atoms with E-state index in [0.717, 1.165) is 36.0 Å². The highest BCUT2D eigenvalue weighted by Gasteiger charge is 2.15. The minimum Gasteiger partial charge on any atom is -0.378 e. The average molecular weight is 389 g/mol. The zero-order chi connectivity index (χ0) is 20.1. The van der Waals surface area contributed by atoms with E-state index in [2.05, 4.69) is 25.5 Å². The summed E-state index contributed by atoms with van der Waals surface area (Å²) in [5, 5.41) is 6.21. The summed E-state index contributed by atoms with van der Waals surface area (Å²) in [7, 11) is 0. The third-order valence-corrected chi connectivity index (χ3v) is 4.59. The Morgan fingerprint density at radius 1 is 0.966 bits per heavy atom. The monoisotopic (exact) mass is 389 g/mol. The Bertz CT molecular complexity index is 970. The van der Waals surface area contributed by atoms with E-state index in [0.29, 0.717) is 24.7 Å². The van der Waals surface area contributed by atoms with Crippen molar-refractivity contribution in [3.05, 3.63) is 71.9 Å². The van der Waals surface area contributed by atoms with Crippen molar-refractivity contribution in [2.24, 2.45) is 0 Å². The minimum absolute atomic E-state index is 0.132. The van der Waals surface area contributed by atoms with Crippen LogP contribution in [0.15, 0.2) is 60.7 Å². The first-order valence-corrected chi connectivity index (χ1v) is 9.59. The predicted octanol–water partition coefficient (Wildman–Crippen LogP) is 3.62. The molecule has 148 valence electrons. The molecule has 29 heavy (non-hydrogen) atoms. The molecule has 2 N–H and O–H groups in total. The Balaban J connectivity index is 1.43. The molecule has 2 heterocycles. The molecule has 0 aliphatic carbocycles. The number of rotatable bonds is 5. The van der Waals surface area contributed by atoms with E-state index in [9.17, 15) is 4.79 Å². The number of benzene rings is 2. The van der Waals surface area contributed by atoms with Crippen molar-refractivity contribution in [1.29, 1.82) is 0 Å². The molecule has 3 aromatic rings. The first kappa shape index (κ1) is 18.9. The SMILES string of the molecule is Cc1cc(Nc2ccc(NC(=O)c3ccccc3)cc2)nc(N2CCOCC2)n1. The first-order chi connectivity index (χ1) is 14.2. The lowest BCUT2D eigenvalue weighted by Gasteiger charge is -2.27. The standard InChI is InChI=1S/C22H23N5O2/c1-16-15-20(26-22(23-16)27-11-13-29-14-12-27)24-18-7-9-19(10-8-18)25-21(28)17-5-3-2-4-6-17/h2-10,15H,11-14H2,1H3,(H,25,28)(H,23,24,26). The number of nitrogens with one attached hydrogen (secondary N) is 2. The van der Waals surface area contributed by atoms with E-state index >= 15 is 0 Å². The van der Waals surface area contributed by atoms with Gasteiger partial charge in [-0.25, -0.2) is 4.98 Å². The Kier molecular flexibility index (Phi) is 5.67. The molecular formula is C22H23N5O2. The van der Waals surface area contributed by atoms with E-state index in [-0.39, 0.29) is 5.91 Å². The van der Waals surface area contributed by atoms with Crippen LogP contribution in [0, 0.1) is 6.92 Å². The van der Waals surface area contributed by atoms with Crippen LogP contribution < -0.4 is 15.5 Å². The summed E-state index contributed by atoms with van der Waals surface area (Å²) in [6.45, 7) is 4.92. The number of ether oxygens (including phenoxy) is 1. The van der Waals surface area contributed by atoms with Crippen LogP contribution in [0.3, 0.4) is 0 Å². The highest BCUT2D eigenvalue weighted by Crippen LogP contribution is 2.21. The fourth-order valence-electron chi connectivity index (χ4n) is 3.10. The maximum Gasteiger partial charge on any atom is 0.255 e. The second kappa shape index (κ2) is 8.70. The normalized spacial score (nSPS) is 13.8. The Morgan fingerprint density at radius 3 is 2.38 bits per heavy atom. The van der Waals surface area contributed by atoms with Crippen molar-refractivity contribution in [3.63, 3.8) is 0 Å². The third-order valence-electron chi connectivity index (χ3n) is 4.59. The van der Waals surface area contributed by atoms with E-state index < -0.39 is 0 Å². The molecule has 7 nitrogen and oxygen atoms in total. The van der Waals surface area contributed by atoms with Crippen molar-refractivity contribution in [2.75, 3.05) is 41.8 Å². The number of carbonyl (C=O) groups is 1. The molecule has 0 bridgehead atoms. The number of nitrogens with zero attached hydrogens (tertiary/aromatic N) is 3. The van der Waals surface area contributed by atoms with Gasteiger partial charge in [0.1, 0.15) is 5.82 Å². The summed E-state index contributed by atoms with van der Waals surface area (Å²) in [5.41, 5.74) is 3.14. The van der Waals surface area contributed by atoms with Crippen LogP contribution >= 0.6 is 0 Å². The summed E-state index contributed by atoms with van der Waals surface area (Å²) in [6, 6.07) is 18.6. The third kappa shape index (κ3) is 4.89. The number of morpholine rings is 1. The largest absolute Gasteiger partial charge is 0.378 e. The number of hydrogen-bond donors (Lipinski definition) is 2. The molecule has 1 saturated heterocycles. The summed E-state index contributed by atoms with van der Waals surface area (Å²) in [6.07, 6.45) is 0. The van der Waals surface area contributed by atoms with Crippen molar-refractivity contribution in [1.82, 2.24) is 9.97 Å². The van der Waals surface area contributed by atoms with Gasteiger partial charge in [-0.3, -0.25) is 4.79 Å². The van der Waals surface area contributed by atoms with Crippen molar-refractivity contribution in [2.45, 2.75) is 6.92 Å². The average Bonchev–Trinajstić information content (AvgIpc) is 2.76. The van der Waals surface area contributed by atoms with Gasteiger partial charge in [-0.05, 0) is 43.3 Å². The zero-order valence-corrected chi connectivity index (χ0v) is 16.3. The summed E-state index contributed by atoms with van der Waals surface area (Å²) in [4.78, 5) is 23.6. The smallest absolute Gasteiger partial charge is 0.255 e. The Hall–Kier alpha value is -3.45. The van der Waals surface area contributed by atoms with E-state index in [1.165, 1.54) is 0 Å². The fraction of sp³-hybridized carbons (Fsp3) is 0.227. The molecule has 4 rings (SSSR count). The van der Waals surface area contributed by atoms with Gasteiger partial charge < -0.3 is 20.3 Å². The van der Waals surface area contributed by atoms with Gasteiger partial charge >= 0.3 is 0 Å². The maximum atomic E-state index is 12.3. The van der Waals surface area contributed by atoms with Crippen LogP contribution in [0.2, 0.25) is 0 Å². The lowest BCUT2D eigenvalue weighted by atomic mass is 10.2. The van der Waals surface area contributed by atoms with Gasteiger partial charge in [-0.1, -0.05) is 18.2 Å². The quantitative estimate of drug-likeness (QED) is 0.694. The second-order valence-electron chi connectivity index (χ2n) is 6.82. The highest BCUT2D eigenvalue weighted by atomic mass is 16.5.